The number of benzene rings is 1. The minimum atomic E-state index is -0.805. The van der Waals surface area contributed by atoms with Crippen LogP contribution in [0.2, 0.25) is 0 Å². The highest BCUT2D eigenvalue weighted by Gasteiger charge is 2.48. The van der Waals surface area contributed by atoms with E-state index >= 15 is 0 Å². The van der Waals surface area contributed by atoms with Crippen molar-refractivity contribution in [2.75, 3.05) is 20.1 Å². The van der Waals surface area contributed by atoms with Crippen molar-refractivity contribution in [3.8, 4) is 0 Å². The molecule has 0 aliphatic heterocycles. The number of halogens is 2. The van der Waals surface area contributed by atoms with Crippen molar-refractivity contribution in [2.45, 2.75) is 49.5 Å². The average Bonchev–Trinajstić information content (AvgIpc) is 3.18. The van der Waals surface area contributed by atoms with E-state index in [1.165, 1.54) is 23.1 Å². The van der Waals surface area contributed by atoms with Gasteiger partial charge >= 0.3 is 6.03 Å². The molecule has 2 N–H and O–H groups in total. The van der Waals surface area contributed by atoms with Crippen LogP contribution in [0.15, 0.2) is 18.2 Å². The Morgan fingerprint density at radius 2 is 1.79 bits per heavy atom. The zero-order valence-corrected chi connectivity index (χ0v) is 13.9. The van der Waals surface area contributed by atoms with Gasteiger partial charge in [0.25, 0.3) is 0 Å². The van der Waals surface area contributed by atoms with Crippen LogP contribution in [-0.2, 0) is 5.41 Å². The number of nitrogens with zero attached hydrogens (tertiary/aromatic N) is 1. The minimum Gasteiger partial charge on any atom is -0.388 e. The van der Waals surface area contributed by atoms with Crippen LogP contribution in [0, 0.1) is 11.6 Å². The van der Waals surface area contributed by atoms with E-state index in [1.54, 1.807) is 7.05 Å². The van der Waals surface area contributed by atoms with E-state index in [2.05, 4.69) is 5.32 Å². The number of hydrogen-bond donors (Lipinski definition) is 2. The van der Waals surface area contributed by atoms with Crippen LogP contribution in [0.4, 0.5) is 13.6 Å². The molecule has 3 rings (SSSR count). The Morgan fingerprint density at radius 1 is 1.21 bits per heavy atom. The highest BCUT2D eigenvalue weighted by atomic mass is 19.1. The summed E-state index contributed by atoms with van der Waals surface area (Å²) in [4.78, 5) is 13.7. The first-order valence-corrected chi connectivity index (χ1v) is 8.51. The first-order chi connectivity index (χ1) is 11.4. The van der Waals surface area contributed by atoms with Crippen molar-refractivity contribution in [3.63, 3.8) is 0 Å². The van der Waals surface area contributed by atoms with E-state index in [1.807, 2.05) is 0 Å². The lowest BCUT2D eigenvalue weighted by atomic mass is 9.94. The predicted octanol–water partition coefficient (Wildman–Crippen LogP) is 2.94. The van der Waals surface area contributed by atoms with Crippen LogP contribution >= 0.6 is 0 Å². The largest absolute Gasteiger partial charge is 0.388 e. The number of hydrogen-bond acceptors (Lipinski definition) is 2. The fraction of sp³-hybridized carbons (Fsp3) is 0.611. The predicted molar refractivity (Wildman–Crippen MR) is 86.7 cm³/mol. The van der Waals surface area contributed by atoms with Gasteiger partial charge in [-0.3, -0.25) is 0 Å². The molecule has 0 aromatic heterocycles. The zero-order valence-electron chi connectivity index (χ0n) is 13.9. The van der Waals surface area contributed by atoms with Gasteiger partial charge in [0.05, 0.1) is 12.1 Å². The molecule has 2 fully saturated rings. The normalized spacial score (nSPS) is 20.7. The summed E-state index contributed by atoms with van der Waals surface area (Å²) in [5.74, 6) is -1.12. The second kappa shape index (κ2) is 6.31. The Balaban J connectivity index is 1.60. The van der Waals surface area contributed by atoms with Gasteiger partial charge in [-0.2, -0.15) is 0 Å². The third-order valence-corrected chi connectivity index (χ3v) is 5.34. The lowest BCUT2D eigenvalue weighted by Gasteiger charge is -2.29. The maximum absolute atomic E-state index is 14.0. The smallest absolute Gasteiger partial charge is 0.317 e. The lowest BCUT2D eigenvalue weighted by Crippen LogP contribution is -2.47. The van der Waals surface area contributed by atoms with Crippen molar-refractivity contribution in [1.29, 1.82) is 0 Å². The Bertz CT molecular complexity index is 605. The number of carbonyl (C=O) groups excluding carboxylic acids is 1. The SMILES string of the molecule is CN(CC1(O)CCCC1)C(=O)NCC1(c2c(F)cccc2F)CC1. The molecule has 2 aliphatic rings. The molecule has 6 heteroatoms. The van der Waals surface area contributed by atoms with Crippen LogP contribution in [-0.4, -0.2) is 41.8 Å². The monoisotopic (exact) mass is 338 g/mol. The number of aliphatic hydroxyl groups is 1. The average molecular weight is 338 g/mol. The number of nitrogens with one attached hydrogen (secondary N) is 1. The fourth-order valence-corrected chi connectivity index (χ4v) is 3.75. The number of rotatable bonds is 5. The third-order valence-electron chi connectivity index (χ3n) is 5.34. The van der Waals surface area contributed by atoms with Crippen LogP contribution in [0.1, 0.15) is 44.1 Å². The highest BCUT2D eigenvalue weighted by Crippen LogP contribution is 2.49. The maximum Gasteiger partial charge on any atom is 0.317 e. The van der Waals surface area contributed by atoms with Gasteiger partial charge in [0, 0.05) is 24.6 Å². The van der Waals surface area contributed by atoms with Gasteiger partial charge in [-0.05, 0) is 37.8 Å². The summed E-state index contributed by atoms with van der Waals surface area (Å²) in [5.41, 5.74) is -1.38. The molecule has 0 heterocycles. The van der Waals surface area contributed by atoms with Crippen LogP contribution in [0.3, 0.4) is 0 Å². The summed E-state index contributed by atoms with van der Waals surface area (Å²) >= 11 is 0. The molecule has 1 aromatic carbocycles. The van der Waals surface area contributed by atoms with E-state index in [0.29, 0.717) is 25.7 Å². The molecule has 0 radical (unpaired) electrons. The van der Waals surface area contributed by atoms with Crippen LogP contribution < -0.4 is 5.32 Å². The molecule has 24 heavy (non-hydrogen) atoms. The number of likely N-dealkylation sites (N-methyl/N-ethyl adjacent to an activating group) is 1. The van der Waals surface area contributed by atoms with Gasteiger partial charge < -0.3 is 15.3 Å². The Kier molecular flexibility index (Phi) is 4.51. The molecule has 4 nitrogen and oxygen atoms in total. The van der Waals surface area contributed by atoms with Gasteiger partial charge in [-0.25, -0.2) is 13.6 Å². The van der Waals surface area contributed by atoms with Gasteiger partial charge in [-0.1, -0.05) is 18.9 Å². The third kappa shape index (κ3) is 3.38. The van der Waals surface area contributed by atoms with Crippen molar-refractivity contribution < 1.29 is 18.7 Å². The summed E-state index contributed by atoms with van der Waals surface area (Å²) in [6, 6.07) is 3.53. The molecule has 0 bridgehead atoms. The molecule has 0 spiro atoms. The molecular weight excluding hydrogens is 314 g/mol. The van der Waals surface area contributed by atoms with Crippen LogP contribution in [0.5, 0.6) is 0 Å². The summed E-state index contributed by atoms with van der Waals surface area (Å²) < 4.78 is 28.0. The molecule has 132 valence electrons. The Labute approximate surface area is 140 Å². The molecule has 0 saturated heterocycles. The molecular formula is C18H24F2N2O2. The summed E-state index contributed by atoms with van der Waals surface area (Å²) in [6.45, 7) is 0.479. The maximum atomic E-state index is 14.0. The second-order valence-corrected chi connectivity index (χ2v) is 7.32. The van der Waals surface area contributed by atoms with Crippen molar-refractivity contribution >= 4 is 6.03 Å². The Hall–Kier alpha value is -1.69. The number of carbonyl (C=O) groups is 1. The summed E-state index contributed by atoms with van der Waals surface area (Å²) in [7, 11) is 1.63. The van der Waals surface area contributed by atoms with Gasteiger partial charge in [0.1, 0.15) is 11.6 Å². The van der Waals surface area contributed by atoms with Crippen LogP contribution in [0.25, 0.3) is 0 Å². The molecule has 0 atom stereocenters. The first-order valence-electron chi connectivity index (χ1n) is 8.51. The quantitative estimate of drug-likeness (QED) is 0.867. The summed E-state index contributed by atoms with van der Waals surface area (Å²) in [6.07, 6.45) is 4.66. The molecule has 2 amide bonds. The minimum absolute atomic E-state index is 0.0716. The van der Waals surface area contributed by atoms with Crippen molar-refractivity contribution in [2.24, 2.45) is 0 Å². The Morgan fingerprint density at radius 3 is 2.33 bits per heavy atom. The highest BCUT2D eigenvalue weighted by molar-refractivity contribution is 5.74. The lowest BCUT2D eigenvalue weighted by molar-refractivity contribution is 0.0247. The van der Waals surface area contributed by atoms with Gasteiger partial charge in [-0.15, -0.1) is 0 Å². The van der Waals surface area contributed by atoms with E-state index in [-0.39, 0.29) is 24.7 Å². The standard InChI is InChI=1S/C18H24F2N2O2/c1-22(12-18(24)7-2-3-8-18)16(23)21-11-17(9-10-17)15-13(19)5-4-6-14(15)20/h4-6,24H,2-3,7-12H2,1H3,(H,21,23). The van der Waals surface area contributed by atoms with Crippen molar-refractivity contribution in [1.82, 2.24) is 10.2 Å². The van der Waals surface area contributed by atoms with E-state index in [4.69, 9.17) is 0 Å². The van der Waals surface area contributed by atoms with E-state index in [9.17, 15) is 18.7 Å². The summed E-state index contributed by atoms with van der Waals surface area (Å²) in [5, 5.41) is 13.2. The molecule has 0 unspecified atom stereocenters. The van der Waals surface area contributed by atoms with Gasteiger partial charge in [0.2, 0.25) is 0 Å². The first kappa shape index (κ1) is 17.1. The fourth-order valence-electron chi connectivity index (χ4n) is 3.75. The molecule has 2 aliphatic carbocycles. The number of amides is 2. The van der Waals surface area contributed by atoms with E-state index in [0.717, 1.165) is 12.8 Å². The second-order valence-electron chi connectivity index (χ2n) is 7.32. The van der Waals surface area contributed by atoms with E-state index < -0.39 is 22.7 Å². The number of urea groups is 1. The zero-order chi connectivity index (χ0) is 17.4. The topological polar surface area (TPSA) is 52.6 Å². The molecule has 1 aromatic rings. The van der Waals surface area contributed by atoms with Crippen molar-refractivity contribution in [3.05, 3.63) is 35.4 Å². The van der Waals surface area contributed by atoms with Gasteiger partial charge in [0.15, 0.2) is 0 Å². The molecule has 2 saturated carbocycles.